The van der Waals surface area contributed by atoms with Gasteiger partial charge in [0, 0.05) is 18.4 Å². The summed E-state index contributed by atoms with van der Waals surface area (Å²) >= 11 is 0. The molecule has 1 aromatic carbocycles. The van der Waals surface area contributed by atoms with E-state index in [4.69, 9.17) is 0 Å². The molecular formula is C22H35N3O6. The molecule has 0 spiro atoms. The Morgan fingerprint density at radius 1 is 0.903 bits per heavy atom. The highest BCUT2D eigenvalue weighted by molar-refractivity contribution is 5.94. The van der Waals surface area contributed by atoms with Crippen LogP contribution in [0.5, 0.6) is 11.5 Å². The maximum atomic E-state index is 13.0. The molecule has 1 aromatic rings. The van der Waals surface area contributed by atoms with Crippen LogP contribution in [0.3, 0.4) is 0 Å². The molecule has 0 saturated heterocycles. The second kappa shape index (κ2) is 11.7. The average Bonchev–Trinajstić information content (AvgIpc) is 2.66. The van der Waals surface area contributed by atoms with Gasteiger partial charge in [0.05, 0.1) is 12.1 Å². The Labute approximate surface area is 183 Å². The zero-order valence-corrected chi connectivity index (χ0v) is 19.0. The van der Waals surface area contributed by atoms with Crippen molar-refractivity contribution in [3.8, 4) is 11.5 Å². The number of hydrogen-bond donors (Lipinski definition) is 6. The van der Waals surface area contributed by atoms with E-state index in [2.05, 4.69) is 16.0 Å². The summed E-state index contributed by atoms with van der Waals surface area (Å²) in [5.74, 6) is -2.45. The Kier molecular flexibility index (Phi) is 9.93. The third kappa shape index (κ3) is 8.18. The molecule has 0 radical (unpaired) electrons. The Balaban J connectivity index is 3.11. The van der Waals surface area contributed by atoms with Crippen LogP contribution in [0.2, 0.25) is 0 Å². The SMILES string of the molecule is CC(C)N[C@@H](C)C(=O)N[C@@H](Cc1ccc(O)c(O)c1)C(=O)N[C@H](C(=O)C(C)C)C(C)O. The number of phenols is 2. The van der Waals surface area contributed by atoms with Crippen LogP contribution >= 0.6 is 0 Å². The number of nitrogens with one attached hydrogen (secondary N) is 3. The normalized spacial score (nSPS) is 15.3. The largest absolute Gasteiger partial charge is 0.504 e. The summed E-state index contributed by atoms with van der Waals surface area (Å²) in [6.45, 7) is 10.2. The summed E-state index contributed by atoms with van der Waals surface area (Å²) in [5.41, 5.74) is 0.490. The molecule has 0 aliphatic heterocycles. The molecule has 4 atom stereocenters. The lowest BCUT2D eigenvalue weighted by molar-refractivity contribution is -0.134. The predicted molar refractivity (Wildman–Crippen MR) is 117 cm³/mol. The number of amides is 2. The van der Waals surface area contributed by atoms with Gasteiger partial charge in [0.2, 0.25) is 11.8 Å². The quantitative estimate of drug-likeness (QED) is 0.278. The Bertz CT molecular complexity index is 779. The van der Waals surface area contributed by atoms with Gasteiger partial charge < -0.3 is 31.3 Å². The number of phenolic OH excluding ortho intramolecular Hbond substituents is 2. The second-order valence-electron chi connectivity index (χ2n) is 8.42. The minimum Gasteiger partial charge on any atom is -0.504 e. The summed E-state index contributed by atoms with van der Waals surface area (Å²) in [6, 6.07) is 1.37. The first-order chi connectivity index (χ1) is 14.3. The van der Waals surface area contributed by atoms with Crippen molar-refractivity contribution in [1.29, 1.82) is 0 Å². The van der Waals surface area contributed by atoms with Crippen molar-refractivity contribution in [2.45, 2.75) is 78.2 Å². The number of ketones is 1. The van der Waals surface area contributed by atoms with Crippen LogP contribution in [0.4, 0.5) is 0 Å². The number of rotatable bonds is 11. The monoisotopic (exact) mass is 437 g/mol. The first-order valence-electron chi connectivity index (χ1n) is 10.4. The van der Waals surface area contributed by atoms with Crippen molar-refractivity contribution < 1.29 is 29.7 Å². The van der Waals surface area contributed by atoms with Gasteiger partial charge in [0.25, 0.3) is 0 Å². The predicted octanol–water partition coefficient (Wildman–Crippen LogP) is 0.602. The van der Waals surface area contributed by atoms with Gasteiger partial charge in [-0.25, -0.2) is 0 Å². The van der Waals surface area contributed by atoms with Crippen LogP contribution in [0.25, 0.3) is 0 Å². The first kappa shape index (κ1) is 26.4. The van der Waals surface area contributed by atoms with E-state index in [9.17, 15) is 29.7 Å². The number of hydrogen-bond acceptors (Lipinski definition) is 7. The highest BCUT2D eigenvalue weighted by Gasteiger charge is 2.31. The molecule has 1 rings (SSSR count). The Hall–Kier alpha value is -2.65. The van der Waals surface area contributed by atoms with Crippen LogP contribution < -0.4 is 16.0 Å². The van der Waals surface area contributed by atoms with Crippen LogP contribution in [0.1, 0.15) is 47.1 Å². The summed E-state index contributed by atoms with van der Waals surface area (Å²) in [5, 5.41) is 37.5. The van der Waals surface area contributed by atoms with E-state index < -0.39 is 42.0 Å². The van der Waals surface area contributed by atoms with Crippen LogP contribution in [0, 0.1) is 5.92 Å². The number of aromatic hydroxyl groups is 2. The number of aliphatic hydroxyl groups excluding tert-OH is 1. The molecule has 0 aliphatic carbocycles. The molecule has 0 aromatic heterocycles. The maximum Gasteiger partial charge on any atom is 0.243 e. The molecule has 6 N–H and O–H groups in total. The molecular weight excluding hydrogens is 402 g/mol. The zero-order chi connectivity index (χ0) is 23.9. The molecule has 0 fully saturated rings. The van der Waals surface area contributed by atoms with Crippen molar-refractivity contribution in [2.75, 3.05) is 0 Å². The third-order valence-electron chi connectivity index (χ3n) is 4.74. The first-order valence-corrected chi connectivity index (χ1v) is 10.4. The molecule has 9 heteroatoms. The number of carbonyl (C=O) groups excluding carboxylic acids is 3. The lowest BCUT2D eigenvalue weighted by Crippen LogP contribution is -2.58. The minimum absolute atomic E-state index is 0.00219. The maximum absolute atomic E-state index is 13.0. The van der Waals surface area contributed by atoms with Gasteiger partial charge in [-0.3, -0.25) is 14.4 Å². The average molecular weight is 438 g/mol. The van der Waals surface area contributed by atoms with E-state index in [1.165, 1.54) is 25.1 Å². The van der Waals surface area contributed by atoms with Gasteiger partial charge in [-0.15, -0.1) is 0 Å². The van der Waals surface area contributed by atoms with Crippen molar-refractivity contribution in [3.05, 3.63) is 23.8 Å². The third-order valence-corrected chi connectivity index (χ3v) is 4.74. The van der Waals surface area contributed by atoms with Gasteiger partial charge >= 0.3 is 0 Å². The van der Waals surface area contributed by atoms with Gasteiger partial charge in [0.15, 0.2) is 17.3 Å². The highest BCUT2D eigenvalue weighted by Crippen LogP contribution is 2.25. The fraction of sp³-hybridized carbons (Fsp3) is 0.591. The van der Waals surface area contributed by atoms with Gasteiger partial charge in [0.1, 0.15) is 12.1 Å². The molecule has 0 bridgehead atoms. The van der Waals surface area contributed by atoms with Gasteiger partial charge in [-0.2, -0.15) is 0 Å². The van der Waals surface area contributed by atoms with E-state index >= 15 is 0 Å². The lowest BCUT2D eigenvalue weighted by Gasteiger charge is -2.27. The van der Waals surface area contributed by atoms with Gasteiger partial charge in [-0.1, -0.05) is 33.8 Å². The summed E-state index contributed by atoms with van der Waals surface area (Å²) < 4.78 is 0. The Morgan fingerprint density at radius 3 is 2.00 bits per heavy atom. The molecule has 0 aliphatic rings. The molecule has 174 valence electrons. The molecule has 0 saturated carbocycles. The van der Waals surface area contributed by atoms with Crippen LogP contribution in [0.15, 0.2) is 18.2 Å². The summed E-state index contributed by atoms with van der Waals surface area (Å²) in [4.78, 5) is 38.0. The standard InChI is InChI=1S/C22H35N3O6/c1-11(2)20(29)19(14(6)26)25-22(31)16(24-21(30)13(5)23-12(3)4)9-15-7-8-17(27)18(28)10-15/h7-8,10-14,16,19,23,26-28H,9H2,1-6H3,(H,24,30)(H,25,31)/t13-,14?,16-,19-/m0/s1. The molecule has 31 heavy (non-hydrogen) atoms. The molecule has 2 amide bonds. The number of aliphatic hydroxyl groups is 1. The minimum atomic E-state index is -1.12. The van der Waals surface area contributed by atoms with Crippen LogP contribution in [-0.2, 0) is 20.8 Å². The zero-order valence-electron chi connectivity index (χ0n) is 19.0. The molecule has 1 unspecified atom stereocenters. The van der Waals surface area contributed by atoms with E-state index in [1.54, 1.807) is 20.8 Å². The van der Waals surface area contributed by atoms with Crippen molar-refractivity contribution in [1.82, 2.24) is 16.0 Å². The summed E-state index contributed by atoms with van der Waals surface area (Å²) in [6.07, 6.45) is -1.11. The van der Waals surface area contributed by atoms with E-state index in [0.717, 1.165) is 0 Å². The fourth-order valence-electron chi connectivity index (χ4n) is 3.06. The number of carbonyl (C=O) groups is 3. The fourth-order valence-corrected chi connectivity index (χ4v) is 3.06. The smallest absolute Gasteiger partial charge is 0.243 e. The van der Waals surface area contributed by atoms with Crippen molar-refractivity contribution in [2.24, 2.45) is 5.92 Å². The van der Waals surface area contributed by atoms with E-state index in [0.29, 0.717) is 5.56 Å². The second-order valence-corrected chi connectivity index (χ2v) is 8.42. The van der Waals surface area contributed by atoms with Crippen molar-refractivity contribution in [3.63, 3.8) is 0 Å². The van der Waals surface area contributed by atoms with E-state index in [1.807, 2.05) is 13.8 Å². The number of benzene rings is 1. The van der Waals surface area contributed by atoms with Gasteiger partial charge in [-0.05, 0) is 31.5 Å². The highest BCUT2D eigenvalue weighted by atomic mass is 16.3. The van der Waals surface area contributed by atoms with Crippen molar-refractivity contribution >= 4 is 17.6 Å². The van der Waals surface area contributed by atoms with Crippen LogP contribution in [-0.4, -0.2) is 63.2 Å². The van der Waals surface area contributed by atoms with E-state index in [-0.39, 0.29) is 29.7 Å². The molecule has 9 nitrogen and oxygen atoms in total. The number of Topliss-reactive ketones (excluding diaryl/α,β-unsaturated/α-hetero) is 1. The lowest BCUT2D eigenvalue weighted by atomic mass is 9.97. The topological polar surface area (TPSA) is 148 Å². The Morgan fingerprint density at radius 2 is 1.52 bits per heavy atom. The molecule has 0 heterocycles. The summed E-state index contributed by atoms with van der Waals surface area (Å²) in [7, 11) is 0.